The summed E-state index contributed by atoms with van der Waals surface area (Å²) in [5.74, 6) is -0.906. The SMILES string of the molecule is CC/C=C\C/C=C\C/C=C\C/C=C\CCCCCCCCCCCCCCCCCCCCC(=O)OCC(COC(=O)CCCCCCC/C=C\CCC)OC(=O)CCCCCCC/C=C\C/C=C\C/C=C\CC. The molecule has 0 rings (SSSR count). The highest BCUT2D eigenvalue weighted by molar-refractivity contribution is 5.71. The van der Waals surface area contributed by atoms with Gasteiger partial charge in [-0.3, -0.25) is 14.4 Å². The van der Waals surface area contributed by atoms with Crippen molar-refractivity contribution in [1.82, 2.24) is 0 Å². The minimum absolute atomic E-state index is 0.0849. The van der Waals surface area contributed by atoms with Gasteiger partial charge < -0.3 is 14.2 Å². The number of rotatable bonds is 56. The summed E-state index contributed by atoms with van der Waals surface area (Å²) in [6.07, 6.45) is 82.9. The fraction of sp³-hybridized carbons (Fsp3) is 0.721. The zero-order valence-electron chi connectivity index (χ0n) is 48.6. The van der Waals surface area contributed by atoms with Crippen molar-refractivity contribution in [2.75, 3.05) is 13.2 Å². The van der Waals surface area contributed by atoms with Crippen LogP contribution in [0.5, 0.6) is 0 Å². The van der Waals surface area contributed by atoms with E-state index in [9.17, 15) is 14.4 Å². The lowest BCUT2D eigenvalue weighted by Crippen LogP contribution is -2.30. The Morgan fingerprint density at radius 1 is 0.284 bits per heavy atom. The molecule has 424 valence electrons. The van der Waals surface area contributed by atoms with Crippen molar-refractivity contribution >= 4 is 17.9 Å². The number of carbonyl (C=O) groups excluding carboxylic acids is 3. The highest BCUT2D eigenvalue weighted by atomic mass is 16.6. The lowest BCUT2D eigenvalue weighted by Gasteiger charge is -2.18. The van der Waals surface area contributed by atoms with Crippen molar-refractivity contribution in [2.45, 2.75) is 303 Å². The maximum atomic E-state index is 12.8. The summed E-state index contributed by atoms with van der Waals surface area (Å²) in [5, 5.41) is 0. The van der Waals surface area contributed by atoms with Crippen LogP contribution in [0.2, 0.25) is 0 Å². The average molecular weight is 1030 g/mol. The number of unbranched alkanes of at least 4 members (excludes halogenated alkanes) is 29. The first-order chi connectivity index (χ1) is 36.5. The van der Waals surface area contributed by atoms with Gasteiger partial charge in [-0.15, -0.1) is 0 Å². The van der Waals surface area contributed by atoms with Crippen LogP contribution in [0.25, 0.3) is 0 Å². The average Bonchev–Trinajstić information content (AvgIpc) is 3.40. The molecule has 0 amide bonds. The van der Waals surface area contributed by atoms with E-state index < -0.39 is 6.10 Å². The number of hydrogen-bond acceptors (Lipinski definition) is 6. The van der Waals surface area contributed by atoms with Crippen LogP contribution in [-0.2, 0) is 28.6 Å². The summed E-state index contributed by atoms with van der Waals surface area (Å²) in [6, 6.07) is 0. The van der Waals surface area contributed by atoms with Gasteiger partial charge in [0.15, 0.2) is 6.10 Å². The molecule has 1 unspecified atom stereocenters. The van der Waals surface area contributed by atoms with Crippen molar-refractivity contribution in [3.05, 3.63) is 97.2 Å². The fourth-order valence-corrected chi connectivity index (χ4v) is 8.69. The normalized spacial score (nSPS) is 12.7. The van der Waals surface area contributed by atoms with Crippen LogP contribution in [0.15, 0.2) is 97.2 Å². The van der Waals surface area contributed by atoms with E-state index in [0.29, 0.717) is 19.3 Å². The quantitative estimate of drug-likeness (QED) is 0.0261. The lowest BCUT2D eigenvalue weighted by molar-refractivity contribution is -0.167. The van der Waals surface area contributed by atoms with E-state index in [-0.39, 0.29) is 31.1 Å². The molecule has 0 aromatic rings. The van der Waals surface area contributed by atoms with E-state index in [0.717, 1.165) is 135 Å². The molecule has 0 heterocycles. The van der Waals surface area contributed by atoms with E-state index in [1.807, 2.05) is 0 Å². The van der Waals surface area contributed by atoms with Gasteiger partial charge in [-0.25, -0.2) is 0 Å². The molecule has 6 nitrogen and oxygen atoms in total. The Morgan fingerprint density at radius 3 is 0.838 bits per heavy atom. The molecule has 1 atom stereocenters. The second-order valence-electron chi connectivity index (χ2n) is 20.5. The molecule has 0 spiro atoms. The molecular weight excluding hydrogens is 913 g/mol. The van der Waals surface area contributed by atoms with Crippen molar-refractivity contribution in [3.63, 3.8) is 0 Å². The topological polar surface area (TPSA) is 78.9 Å². The van der Waals surface area contributed by atoms with Crippen LogP contribution in [-0.4, -0.2) is 37.2 Å². The van der Waals surface area contributed by atoms with Gasteiger partial charge in [-0.2, -0.15) is 0 Å². The van der Waals surface area contributed by atoms with Gasteiger partial charge in [0.2, 0.25) is 0 Å². The van der Waals surface area contributed by atoms with Gasteiger partial charge in [0.1, 0.15) is 13.2 Å². The summed E-state index contributed by atoms with van der Waals surface area (Å²) in [5.41, 5.74) is 0. The molecule has 74 heavy (non-hydrogen) atoms. The van der Waals surface area contributed by atoms with Crippen LogP contribution in [0.3, 0.4) is 0 Å². The molecule has 0 aromatic carbocycles. The first-order valence-electron chi connectivity index (χ1n) is 31.2. The molecule has 0 saturated carbocycles. The first-order valence-corrected chi connectivity index (χ1v) is 31.2. The molecule has 0 N–H and O–H groups in total. The fourth-order valence-electron chi connectivity index (χ4n) is 8.69. The highest BCUT2D eigenvalue weighted by Crippen LogP contribution is 2.17. The Labute approximate surface area is 457 Å². The molecule has 0 radical (unpaired) electrons. The minimum atomic E-state index is -0.788. The molecular formula is C68H116O6. The molecule has 0 fully saturated rings. The van der Waals surface area contributed by atoms with Crippen LogP contribution in [0.4, 0.5) is 0 Å². The van der Waals surface area contributed by atoms with Gasteiger partial charge in [-0.1, -0.05) is 266 Å². The maximum absolute atomic E-state index is 12.8. The number of ether oxygens (including phenoxy) is 3. The van der Waals surface area contributed by atoms with E-state index in [2.05, 4.69) is 118 Å². The van der Waals surface area contributed by atoms with Gasteiger partial charge >= 0.3 is 17.9 Å². The van der Waals surface area contributed by atoms with Crippen LogP contribution >= 0.6 is 0 Å². The summed E-state index contributed by atoms with van der Waals surface area (Å²) in [7, 11) is 0. The molecule has 0 aliphatic heterocycles. The minimum Gasteiger partial charge on any atom is -0.462 e. The Bertz CT molecular complexity index is 1460. The number of allylic oxidation sites excluding steroid dienone is 16. The molecule has 0 saturated heterocycles. The van der Waals surface area contributed by atoms with E-state index in [4.69, 9.17) is 14.2 Å². The number of hydrogen-bond donors (Lipinski definition) is 0. The van der Waals surface area contributed by atoms with E-state index >= 15 is 0 Å². The maximum Gasteiger partial charge on any atom is 0.306 e. The molecule has 0 aliphatic rings. The highest BCUT2D eigenvalue weighted by Gasteiger charge is 2.19. The predicted molar refractivity (Wildman–Crippen MR) is 320 cm³/mol. The molecule has 0 aromatic heterocycles. The summed E-state index contributed by atoms with van der Waals surface area (Å²) >= 11 is 0. The summed E-state index contributed by atoms with van der Waals surface area (Å²) in [4.78, 5) is 38.1. The molecule has 0 aliphatic carbocycles. The zero-order chi connectivity index (χ0) is 53.6. The summed E-state index contributed by atoms with van der Waals surface area (Å²) in [6.45, 7) is 6.35. The zero-order valence-corrected chi connectivity index (χ0v) is 48.6. The Hall–Kier alpha value is -3.67. The van der Waals surface area contributed by atoms with Crippen molar-refractivity contribution in [2.24, 2.45) is 0 Å². The van der Waals surface area contributed by atoms with E-state index in [1.165, 1.54) is 122 Å². The Morgan fingerprint density at radius 2 is 0.527 bits per heavy atom. The third-order valence-electron chi connectivity index (χ3n) is 13.3. The summed E-state index contributed by atoms with van der Waals surface area (Å²) < 4.78 is 16.8. The van der Waals surface area contributed by atoms with Crippen LogP contribution in [0, 0.1) is 0 Å². The van der Waals surface area contributed by atoms with Crippen LogP contribution < -0.4 is 0 Å². The van der Waals surface area contributed by atoms with Gasteiger partial charge in [-0.05, 0) is 109 Å². The number of esters is 3. The molecule has 6 heteroatoms. The predicted octanol–water partition coefficient (Wildman–Crippen LogP) is 21.3. The van der Waals surface area contributed by atoms with Crippen LogP contribution in [0.1, 0.15) is 297 Å². The molecule has 0 bridgehead atoms. The lowest BCUT2D eigenvalue weighted by atomic mass is 10.0. The van der Waals surface area contributed by atoms with Crippen molar-refractivity contribution in [1.29, 1.82) is 0 Å². The third-order valence-corrected chi connectivity index (χ3v) is 13.3. The Kier molecular flexibility index (Phi) is 58.8. The smallest absolute Gasteiger partial charge is 0.306 e. The van der Waals surface area contributed by atoms with Crippen molar-refractivity contribution in [3.8, 4) is 0 Å². The number of carbonyl (C=O) groups is 3. The largest absolute Gasteiger partial charge is 0.462 e. The van der Waals surface area contributed by atoms with Crippen molar-refractivity contribution < 1.29 is 28.6 Å². The first kappa shape index (κ1) is 70.3. The monoisotopic (exact) mass is 1030 g/mol. The van der Waals surface area contributed by atoms with Gasteiger partial charge in [0, 0.05) is 19.3 Å². The second-order valence-corrected chi connectivity index (χ2v) is 20.5. The third kappa shape index (κ3) is 59.2. The Balaban J connectivity index is 4.12. The second kappa shape index (κ2) is 61.9. The standard InChI is InChI=1S/C68H116O6/c1-4-7-10-13-16-19-22-24-26-27-28-29-30-31-32-33-34-35-36-37-38-39-40-41-43-44-46-49-52-55-58-61-67(70)73-64-65(63-72-66(69)60-57-54-51-48-21-18-15-12-9-6-3)74-68(71)62-59-56-53-50-47-45-42-25-23-20-17-14-11-8-5-2/h7-8,10-12,15-17,19-20,24-26,28-29,42,65H,4-6,9,13-14,18,21-23,27,30-41,43-64H2,1-3H3/b10-7-,11-8-,15-12-,19-16-,20-17-,26-24-,29-28-,42-25-. The van der Waals surface area contributed by atoms with Gasteiger partial charge in [0.25, 0.3) is 0 Å². The van der Waals surface area contributed by atoms with Gasteiger partial charge in [0.05, 0.1) is 0 Å². The van der Waals surface area contributed by atoms with E-state index in [1.54, 1.807) is 0 Å².